The van der Waals surface area contributed by atoms with Crippen LogP contribution in [0.3, 0.4) is 0 Å². The van der Waals surface area contributed by atoms with Gasteiger partial charge in [-0.05, 0) is 53.8 Å². The number of nitrogens with zero attached hydrogens (tertiary/aromatic N) is 2. The first-order valence-corrected chi connectivity index (χ1v) is 10.1. The number of thiophene rings is 2. The number of fused-ring (bicyclic) bond motifs is 2. The molecule has 0 spiro atoms. The molecular weight excluding hydrogens is 324 g/mol. The molecule has 0 bridgehead atoms. The van der Waals surface area contributed by atoms with Crippen molar-refractivity contribution in [2.75, 3.05) is 19.6 Å². The van der Waals surface area contributed by atoms with Crippen LogP contribution in [0.25, 0.3) is 0 Å². The molecule has 1 atom stereocenters. The largest absolute Gasteiger partial charge is 0.338 e. The second-order valence-electron chi connectivity index (χ2n) is 6.45. The lowest BCUT2D eigenvalue weighted by atomic mass is 10.0. The third kappa shape index (κ3) is 2.97. The fraction of sp³-hybridized carbons (Fsp3) is 0.500. The molecule has 4 rings (SSSR count). The average molecular weight is 347 g/mol. The van der Waals surface area contributed by atoms with Gasteiger partial charge in [-0.25, -0.2) is 0 Å². The minimum absolute atomic E-state index is 0.310. The van der Waals surface area contributed by atoms with E-state index in [0.717, 1.165) is 39.0 Å². The maximum atomic E-state index is 12.6. The highest BCUT2D eigenvalue weighted by molar-refractivity contribution is 7.10. The van der Waals surface area contributed by atoms with E-state index in [1.54, 1.807) is 0 Å². The first-order chi connectivity index (χ1) is 11.2. The normalized spacial score (nSPS) is 21.1. The quantitative estimate of drug-likeness (QED) is 0.846. The molecule has 2 aliphatic heterocycles. The molecule has 3 nitrogen and oxygen atoms in total. The molecule has 0 unspecified atom stereocenters. The number of hydrogen-bond donors (Lipinski definition) is 0. The number of rotatable bonds is 3. The molecule has 2 aromatic rings. The molecule has 0 aromatic carbocycles. The summed E-state index contributed by atoms with van der Waals surface area (Å²) in [4.78, 5) is 20.1. The van der Waals surface area contributed by atoms with Crippen LogP contribution >= 0.6 is 22.7 Å². The first kappa shape index (κ1) is 15.4. The van der Waals surface area contributed by atoms with E-state index in [4.69, 9.17) is 0 Å². The number of hydrogen-bond acceptors (Lipinski definition) is 4. The Morgan fingerprint density at radius 1 is 1.17 bits per heavy atom. The Morgan fingerprint density at radius 2 is 1.96 bits per heavy atom. The van der Waals surface area contributed by atoms with Gasteiger partial charge in [0, 0.05) is 48.4 Å². The van der Waals surface area contributed by atoms with E-state index in [-0.39, 0.29) is 0 Å². The van der Waals surface area contributed by atoms with Crippen LogP contribution in [-0.4, -0.2) is 35.3 Å². The standard InChI is InChI=1S/C18H22N2OS2/c1-13-15-6-11-23-17(15)3-7-19(13)9-4-18(21)20-8-2-16-14(12-20)5-10-22-16/h5-6,10-11,13H,2-4,7-9,12H2,1H3/t13-/m0/s1. The van der Waals surface area contributed by atoms with Crippen molar-refractivity contribution in [3.05, 3.63) is 43.8 Å². The monoisotopic (exact) mass is 346 g/mol. The van der Waals surface area contributed by atoms with Crippen molar-refractivity contribution in [1.29, 1.82) is 0 Å². The van der Waals surface area contributed by atoms with Gasteiger partial charge in [0.25, 0.3) is 0 Å². The summed E-state index contributed by atoms with van der Waals surface area (Å²) in [5.74, 6) is 0.310. The van der Waals surface area contributed by atoms with Crippen molar-refractivity contribution >= 4 is 28.6 Å². The highest BCUT2D eigenvalue weighted by Crippen LogP contribution is 2.33. The topological polar surface area (TPSA) is 23.6 Å². The summed E-state index contributed by atoms with van der Waals surface area (Å²) in [5, 5.41) is 4.34. The van der Waals surface area contributed by atoms with Crippen molar-refractivity contribution in [3.8, 4) is 0 Å². The summed E-state index contributed by atoms with van der Waals surface area (Å²) in [6.45, 7) is 5.92. The van der Waals surface area contributed by atoms with Gasteiger partial charge in [-0.3, -0.25) is 9.69 Å². The summed E-state index contributed by atoms with van der Waals surface area (Å²) in [5.41, 5.74) is 2.82. The smallest absolute Gasteiger partial charge is 0.224 e. The minimum atomic E-state index is 0.310. The molecule has 0 N–H and O–H groups in total. The van der Waals surface area contributed by atoms with Crippen LogP contribution in [0, 0.1) is 0 Å². The second-order valence-corrected chi connectivity index (χ2v) is 8.45. The van der Waals surface area contributed by atoms with Crippen LogP contribution in [0.4, 0.5) is 0 Å². The molecule has 0 aliphatic carbocycles. The molecule has 5 heteroatoms. The molecule has 1 amide bonds. The van der Waals surface area contributed by atoms with E-state index in [2.05, 4.69) is 34.7 Å². The molecule has 23 heavy (non-hydrogen) atoms. The Balaban J connectivity index is 1.34. The van der Waals surface area contributed by atoms with E-state index >= 15 is 0 Å². The van der Waals surface area contributed by atoms with Gasteiger partial charge in [0.1, 0.15) is 0 Å². The SMILES string of the molecule is C[C@H]1c2ccsc2CCN1CCC(=O)N1CCc2sccc2C1. The van der Waals surface area contributed by atoms with Crippen molar-refractivity contribution < 1.29 is 4.79 Å². The van der Waals surface area contributed by atoms with Crippen molar-refractivity contribution in [2.45, 2.75) is 38.8 Å². The molecule has 0 saturated heterocycles. The van der Waals surface area contributed by atoms with E-state index in [9.17, 15) is 4.79 Å². The van der Waals surface area contributed by atoms with Gasteiger partial charge in [0.05, 0.1) is 0 Å². The Bertz CT molecular complexity index is 705. The predicted molar refractivity (Wildman–Crippen MR) is 96.1 cm³/mol. The maximum absolute atomic E-state index is 12.6. The molecule has 2 aliphatic rings. The summed E-state index contributed by atoms with van der Waals surface area (Å²) in [7, 11) is 0. The van der Waals surface area contributed by atoms with Gasteiger partial charge >= 0.3 is 0 Å². The van der Waals surface area contributed by atoms with Crippen LogP contribution in [0.2, 0.25) is 0 Å². The summed E-state index contributed by atoms with van der Waals surface area (Å²) in [6, 6.07) is 4.87. The molecule has 2 aromatic heterocycles. The van der Waals surface area contributed by atoms with E-state index in [0.29, 0.717) is 18.4 Å². The van der Waals surface area contributed by atoms with Crippen LogP contribution in [-0.2, 0) is 24.2 Å². The van der Waals surface area contributed by atoms with E-state index in [1.807, 2.05) is 27.6 Å². The van der Waals surface area contributed by atoms with Crippen LogP contribution in [0.5, 0.6) is 0 Å². The third-order valence-corrected chi connectivity index (χ3v) is 7.20. The van der Waals surface area contributed by atoms with Crippen LogP contribution in [0.15, 0.2) is 22.9 Å². The highest BCUT2D eigenvalue weighted by Gasteiger charge is 2.26. The average Bonchev–Trinajstić information content (AvgIpc) is 3.22. The van der Waals surface area contributed by atoms with Crippen molar-refractivity contribution in [1.82, 2.24) is 9.80 Å². The zero-order chi connectivity index (χ0) is 15.8. The molecular formula is C18H22N2OS2. The first-order valence-electron chi connectivity index (χ1n) is 8.35. The van der Waals surface area contributed by atoms with Gasteiger partial charge in [-0.2, -0.15) is 0 Å². The summed E-state index contributed by atoms with van der Waals surface area (Å²) < 4.78 is 0. The number of carbonyl (C=O) groups excluding carboxylic acids is 1. The lowest BCUT2D eigenvalue weighted by molar-refractivity contribution is -0.132. The fourth-order valence-electron chi connectivity index (χ4n) is 3.73. The Labute approximate surface area is 145 Å². The van der Waals surface area contributed by atoms with Gasteiger partial charge in [0.15, 0.2) is 0 Å². The maximum Gasteiger partial charge on any atom is 0.224 e. The molecule has 0 radical (unpaired) electrons. The summed E-state index contributed by atoms with van der Waals surface area (Å²) >= 11 is 3.70. The van der Waals surface area contributed by atoms with E-state index < -0.39 is 0 Å². The predicted octanol–water partition coefficient (Wildman–Crippen LogP) is 3.70. The molecule has 122 valence electrons. The van der Waals surface area contributed by atoms with Gasteiger partial charge in [-0.1, -0.05) is 0 Å². The Hall–Kier alpha value is -1.17. The number of amides is 1. The van der Waals surface area contributed by atoms with Gasteiger partial charge in [-0.15, -0.1) is 22.7 Å². The minimum Gasteiger partial charge on any atom is -0.338 e. The van der Waals surface area contributed by atoms with Gasteiger partial charge in [0.2, 0.25) is 5.91 Å². The third-order valence-electron chi connectivity index (χ3n) is 5.18. The lowest BCUT2D eigenvalue weighted by Crippen LogP contribution is -2.39. The Kier molecular flexibility index (Phi) is 4.26. The Morgan fingerprint density at radius 3 is 2.87 bits per heavy atom. The molecule has 0 saturated carbocycles. The lowest BCUT2D eigenvalue weighted by Gasteiger charge is -2.34. The van der Waals surface area contributed by atoms with Crippen molar-refractivity contribution in [3.63, 3.8) is 0 Å². The molecule has 0 fully saturated rings. The number of carbonyl (C=O) groups is 1. The van der Waals surface area contributed by atoms with Crippen LogP contribution in [0.1, 0.15) is 40.3 Å². The summed E-state index contributed by atoms with van der Waals surface area (Å²) in [6.07, 6.45) is 2.80. The van der Waals surface area contributed by atoms with E-state index in [1.165, 1.54) is 20.9 Å². The molecule has 4 heterocycles. The second kappa shape index (κ2) is 6.38. The van der Waals surface area contributed by atoms with Crippen molar-refractivity contribution in [2.24, 2.45) is 0 Å². The zero-order valence-corrected chi connectivity index (χ0v) is 15.1. The zero-order valence-electron chi connectivity index (χ0n) is 13.5. The van der Waals surface area contributed by atoms with Crippen LogP contribution < -0.4 is 0 Å². The van der Waals surface area contributed by atoms with Gasteiger partial charge < -0.3 is 4.90 Å². The fourth-order valence-corrected chi connectivity index (χ4v) is 5.58. The highest BCUT2D eigenvalue weighted by atomic mass is 32.1.